The molecule has 0 atom stereocenters. The van der Waals surface area contributed by atoms with Crippen molar-refractivity contribution in [2.45, 2.75) is 50.7 Å². The van der Waals surface area contributed by atoms with Gasteiger partial charge in [0, 0.05) is 6.20 Å². The number of rotatable bonds is 10. The van der Waals surface area contributed by atoms with Crippen LogP contribution < -0.4 is 15.4 Å². The number of methoxy groups -OCH3 is 1. The average molecular weight is 710 g/mol. The SMILES string of the molecule is CCC(CC)(c1ccc(Nc2ncc(C(F)(F)F)c(Nc3cccc4c3C(=O)N(OC)C4)n2)c(OC)c1)P(=O)(O)O.O=C(O)C(F)(F)F. The predicted molar refractivity (Wildman–Crippen MR) is 158 cm³/mol. The number of halogens is 6. The molecule has 0 spiro atoms. The summed E-state index contributed by atoms with van der Waals surface area (Å²) in [4.78, 5) is 54.7. The highest BCUT2D eigenvalue weighted by molar-refractivity contribution is 7.53. The van der Waals surface area contributed by atoms with Crippen molar-refractivity contribution < 1.29 is 65.0 Å². The van der Waals surface area contributed by atoms with Gasteiger partial charge in [0.05, 0.1) is 42.9 Å². The molecule has 0 saturated heterocycles. The van der Waals surface area contributed by atoms with Crippen LogP contribution in [0.4, 0.5) is 49.5 Å². The van der Waals surface area contributed by atoms with E-state index in [9.17, 15) is 45.5 Å². The van der Waals surface area contributed by atoms with Gasteiger partial charge in [-0.2, -0.15) is 31.3 Å². The van der Waals surface area contributed by atoms with E-state index in [1.54, 1.807) is 26.0 Å². The highest BCUT2D eigenvalue weighted by Crippen LogP contribution is 2.61. The lowest BCUT2D eigenvalue weighted by Crippen LogP contribution is -2.24. The van der Waals surface area contributed by atoms with Crippen molar-refractivity contribution >= 4 is 42.6 Å². The van der Waals surface area contributed by atoms with Crippen molar-refractivity contribution in [2.24, 2.45) is 0 Å². The molecule has 1 aliphatic rings. The first-order chi connectivity index (χ1) is 22.2. The number of anilines is 4. The number of nitrogens with zero attached hydrogens (tertiary/aromatic N) is 3. The molecule has 0 radical (unpaired) electrons. The zero-order chi connectivity index (χ0) is 36.2. The van der Waals surface area contributed by atoms with E-state index in [1.165, 1.54) is 38.5 Å². The average Bonchev–Trinajstić information content (AvgIpc) is 3.33. The van der Waals surface area contributed by atoms with Crippen LogP contribution in [0.15, 0.2) is 42.6 Å². The zero-order valence-electron chi connectivity index (χ0n) is 25.6. The van der Waals surface area contributed by atoms with E-state index in [1.807, 2.05) is 0 Å². The molecule has 0 fully saturated rings. The second-order valence-corrected chi connectivity index (χ2v) is 12.0. The Morgan fingerprint density at radius 1 is 1.02 bits per heavy atom. The molecule has 13 nitrogen and oxygen atoms in total. The number of carbonyl (C=O) groups excluding carboxylic acids is 1. The van der Waals surface area contributed by atoms with Crippen LogP contribution in [-0.4, -0.2) is 62.2 Å². The van der Waals surface area contributed by atoms with Crippen LogP contribution >= 0.6 is 7.60 Å². The van der Waals surface area contributed by atoms with Gasteiger partial charge in [-0.3, -0.25) is 14.2 Å². The Hall–Kier alpha value is -4.45. The first-order valence-electron chi connectivity index (χ1n) is 13.7. The van der Waals surface area contributed by atoms with E-state index in [-0.39, 0.29) is 48.0 Å². The molecule has 20 heteroatoms. The number of alkyl halides is 6. The van der Waals surface area contributed by atoms with E-state index in [2.05, 4.69) is 20.6 Å². The quantitative estimate of drug-likeness (QED) is 0.117. The van der Waals surface area contributed by atoms with Gasteiger partial charge < -0.3 is 30.3 Å². The van der Waals surface area contributed by atoms with Crippen LogP contribution in [0.1, 0.15) is 53.7 Å². The van der Waals surface area contributed by atoms with Gasteiger partial charge in [-0.05, 0) is 42.2 Å². The molecular formula is C28H30F6N5O8P. The molecule has 1 aromatic heterocycles. The molecule has 3 aromatic rings. The fourth-order valence-corrected chi connectivity index (χ4v) is 6.20. The molecule has 0 bridgehead atoms. The maximum atomic E-state index is 13.9. The highest BCUT2D eigenvalue weighted by atomic mass is 31.2. The molecule has 0 aliphatic carbocycles. The van der Waals surface area contributed by atoms with Crippen molar-refractivity contribution in [3.63, 3.8) is 0 Å². The topological polar surface area (TPSA) is 183 Å². The summed E-state index contributed by atoms with van der Waals surface area (Å²) in [6, 6.07) is 9.20. The third kappa shape index (κ3) is 7.98. The van der Waals surface area contributed by atoms with Gasteiger partial charge in [0.1, 0.15) is 17.1 Å². The number of fused-ring (bicyclic) bond motifs is 1. The van der Waals surface area contributed by atoms with Gasteiger partial charge in [0.2, 0.25) is 5.95 Å². The van der Waals surface area contributed by atoms with Crippen LogP contribution in [-0.2, 0) is 32.1 Å². The molecule has 2 aromatic carbocycles. The van der Waals surface area contributed by atoms with E-state index < -0.39 is 48.4 Å². The van der Waals surface area contributed by atoms with E-state index in [0.717, 1.165) is 5.06 Å². The molecule has 262 valence electrons. The van der Waals surface area contributed by atoms with Gasteiger partial charge in [0.15, 0.2) is 0 Å². The van der Waals surface area contributed by atoms with Crippen LogP contribution in [0.5, 0.6) is 5.75 Å². The summed E-state index contributed by atoms with van der Waals surface area (Å²) in [6.45, 7) is 3.49. The van der Waals surface area contributed by atoms with Crippen LogP contribution in [0.25, 0.3) is 0 Å². The minimum Gasteiger partial charge on any atom is -0.495 e. The number of ether oxygens (including phenoxy) is 1. The number of hydroxylamine groups is 2. The number of carboxylic acid groups (broad SMARTS) is 1. The van der Waals surface area contributed by atoms with Gasteiger partial charge in [-0.25, -0.2) is 14.8 Å². The first kappa shape index (κ1) is 38.0. The molecule has 5 N–H and O–H groups in total. The molecular weight excluding hydrogens is 679 g/mol. The lowest BCUT2D eigenvalue weighted by Gasteiger charge is -2.33. The minimum atomic E-state index is -5.08. The number of carbonyl (C=O) groups is 2. The smallest absolute Gasteiger partial charge is 0.490 e. The number of nitrogens with one attached hydrogen (secondary N) is 2. The fraction of sp³-hybridized carbons (Fsp3) is 0.357. The minimum absolute atomic E-state index is 0.108. The summed E-state index contributed by atoms with van der Waals surface area (Å²) in [5.41, 5.74) is 0.278. The van der Waals surface area contributed by atoms with Crippen molar-refractivity contribution in [1.82, 2.24) is 15.0 Å². The number of amides is 1. The van der Waals surface area contributed by atoms with E-state index in [4.69, 9.17) is 19.5 Å². The standard InChI is InChI=1S/C26H29F3N5O6P.C2HF3O2/c1-5-25(6-2,41(36,37)38)16-10-11-18(20(12-16)39-3)32-24-30-13-17(26(27,28)29)22(33-24)31-19-9-7-8-15-14-34(40-4)23(35)21(15)19;3-2(4,5)1(6)7/h7-13H,5-6,14H2,1-4H3,(H2,36,37,38)(H2,30,31,32,33);(H,6,7). The summed E-state index contributed by atoms with van der Waals surface area (Å²) in [7, 11) is -1.91. The summed E-state index contributed by atoms with van der Waals surface area (Å²) < 4.78 is 91.3. The molecule has 48 heavy (non-hydrogen) atoms. The molecule has 4 rings (SSSR count). The van der Waals surface area contributed by atoms with Crippen molar-refractivity contribution in [1.29, 1.82) is 0 Å². The van der Waals surface area contributed by atoms with Crippen molar-refractivity contribution in [3.05, 3.63) is 64.8 Å². The monoisotopic (exact) mass is 709 g/mol. The maximum absolute atomic E-state index is 13.9. The zero-order valence-corrected chi connectivity index (χ0v) is 26.5. The Morgan fingerprint density at radius 3 is 2.15 bits per heavy atom. The van der Waals surface area contributed by atoms with Crippen LogP contribution in [0, 0.1) is 0 Å². The molecule has 2 heterocycles. The molecule has 0 saturated carbocycles. The van der Waals surface area contributed by atoms with E-state index in [0.29, 0.717) is 17.3 Å². The fourth-order valence-electron chi connectivity index (χ4n) is 4.90. The van der Waals surface area contributed by atoms with Gasteiger partial charge in [0.25, 0.3) is 5.91 Å². The van der Waals surface area contributed by atoms with Crippen molar-refractivity contribution in [2.75, 3.05) is 24.9 Å². The molecule has 1 aliphatic heterocycles. The van der Waals surface area contributed by atoms with Gasteiger partial charge in [-0.15, -0.1) is 0 Å². The molecule has 1 amide bonds. The first-order valence-corrected chi connectivity index (χ1v) is 15.4. The van der Waals surface area contributed by atoms with Crippen LogP contribution in [0.3, 0.4) is 0 Å². The summed E-state index contributed by atoms with van der Waals surface area (Å²) >= 11 is 0. The second-order valence-electron chi connectivity index (χ2n) is 10.1. The lowest BCUT2D eigenvalue weighted by atomic mass is 9.92. The molecule has 0 unspecified atom stereocenters. The largest absolute Gasteiger partial charge is 0.495 e. The van der Waals surface area contributed by atoms with Gasteiger partial charge >= 0.3 is 25.9 Å². The van der Waals surface area contributed by atoms with Gasteiger partial charge in [-0.1, -0.05) is 32.0 Å². The maximum Gasteiger partial charge on any atom is 0.490 e. The number of carboxylic acids is 1. The number of aromatic nitrogens is 2. The summed E-state index contributed by atoms with van der Waals surface area (Å²) in [5, 5.41) is 12.2. The number of benzene rings is 2. The lowest BCUT2D eigenvalue weighted by molar-refractivity contribution is -0.192. The number of hydrogen-bond acceptors (Lipinski definition) is 9. The van der Waals surface area contributed by atoms with E-state index >= 15 is 0 Å². The van der Waals surface area contributed by atoms with Crippen LogP contribution in [0.2, 0.25) is 0 Å². The second kappa shape index (κ2) is 14.3. The Morgan fingerprint density at radius 2 is 1.65 bits per heavy atom. The predicted octanol–water partition coefficient (Wildman–Crippen LogP) is 6.33. The number of aliphatic carboxylic acids is 1. The summed E-state index contributed by atoms with van der Waals surface area (Å²) in [6.07, 6.45) is -8.96. The highest BCUT2D eigenvalue weighted by Gasteiger charge is 2.45. The number of hydrogen-bond donors (Lipinski definition) is 5. The van der Waals surface area contributed by atoms with Crippen molar-refractivity contribution in [3.8, 4) is 5.75 Å². The Balaban J connectivity index is 0.000000804. The third-order valence-corrected chi connectivity index (χ3v) is 9.43. The Labute approximate surface area is 269 Å². The third-order valence-electron chi connectivity index (χ3n) is 7.43. The Kier molecular flexibility index (Phi) is 11.4. The normalized spacial score (nSPS) is 13.4. The Bertz CT molecular complexity index is 1710. The summed E-state index contributed by atoms with van der Waals surface area (Å²) in [5.74, 6) is -3.92.